The summed E-state index contributed by atoms with van der Waals surface area (Å²) < 4.78 is 1.64. The standard InChI is InChI=1S/C14H16N6O/c1-9-10(2)19-14-17-8-18-20(14)13(9)16-7-12(21)11-3-5-15-6-4-11/h3-6,8,12,16,21H,7H2,1-2H3. The Morgan fingerprint density at radius 3 is 2.81 bits per heavy atom. The second-order valence-corrected chi connectivity index (χ2v) is 4.82. The number of aliphatic hydroxyl groups excluding tert-OH is 1. The molecule has 108 valence electrons. The molecule has 3 aromatic heterocycles. The van der Waals surface area contributed by atoms with Crippen molar-refractivity contribution in [2.75, 3.05) is 11.9 Å². The zero-order valence-corrected chi connectivity index (χ0v) is 11.9. The summed E-state index contributed by atoms with van der Waals surface area (Å²) >= 11 is 0. The van der Waals surface area contributed by atoms with Crippen molar-refractivity contribution in [3.05, 3.63) is 47.7 Å². The third-order valence-corrected chi connectivity index (χ3v) is 3.46. The fourth-order valence-corrected chi connectivity index (χ4v) is 2.14. The van der Waals surface area contributed by atoms with Crippen LogP contribution < -0.4 is 5.32 Å². The molecular weight excluding hydrogens is 268 g/mol. The molecule has 7 heteroatoms. The minimum absolute atomic E-state index is 0.364. The highest BCUT2D eigenvalue weighted by molar-refractivity contribution is 5.51. The van der Waals surface area contributed by atoms with Crippen LogP contribution in [-0.2, 0) is 0 Å². The van der Waals surface area contributed by atoms with Crippen LogP contribution in [0.5, 0.6) is 0 Å². The molecule has 3 aromatic rings. The second kappa shape index (κ2) is 5.45. The quantitative estimate of drug-likeness (QED) is 0.750. The molecule has 2 N–H and O–H groups in total. The number of rotatable bonds is 4. The predicted molar refractivity (Wildman–Crippen MR) is 77.9 cm³/mol. The molecule has 0 saturated carbocycles. The van der Waals surface area contributed by atoms with E-state index in [1.807, 2.05) is 13.8 Å². The fraction of sp³-hybridized carbons (Fsp3) is 0.286. The van der Waals surface area contributed by atoms with Crippen molar-refractivity contribution in [1.29, 1.82) is 0 Å². The van der Waals surface area contributed by atoms with Crippen molar-refractivity contribution in [2.45, 2.75) is 20.0 Å². The number of pyridine rings is 1. The van der Waals surface area contributed by atoms with Crippen molar-refractivity contribution in [3.8, 4) is 0 Å². The molecule has 0 spiro atoms. The Balaban J connectivity index is 1.85. The van der Waals surface area contributed by atoms with E-state index >= 15 is 0 Å². The van der Waals surface area contributed by atoms with Gasteiger partial charge in [0.05, 0.1) is 6.10 Å². The molecule has 0 saturated heterocycles. The lowest BCUT2D eigenvalue weighted by Gasteiger charge is -2.16. The minimum Gasteiger partial charge on any atom is -0.387 e. The first-order valence-corrected chi connectivity index (χ1v) is 6.65. The second-order valence-electron chi connectivity index (χ2n) is 4.82. The lowest BCUT2D eigenvalue weighted by atomic mass is 10.1. The Labute approximate surface area is 121 Å². The van der Waals surface area contributed by atoms with Gasteiger partial charge >= 0.3 is 0 Å². The van der Waals surface area contributed by atoms with Gasteiger partial charge in [0.2, 0.25) is 0 Å². The largest absolute Gasteiger partial charge is 0.387 e. The summed E-state index contributed by atoms with van der Waals surface area (Å²) in [7, 11) is 0. The maximum atomic E-state index is 10.2. The van der Waals surface area contributed by atoms with Gasteiger partial charge in [0.15, 0.2) is 0 Å². The average Bonchev–Trinajstić information content (AvgIpc) is 2.96. The Hall–Kier alpha value is -2.54. The first kappa shape index (κ1) is 13.4. The molecule has 0 fully saturated rings. The summed E-state index contributed by atoms with van der Waals surface area (Å²) in [5.41, 5.74) is 2.68. The highest BCUT2D eigenvalue weighted by Gasteiger charge is 2.13. The molecule has 0 bridgehead atoms. The number of nitrogens with zero attached hydrogens (tertiary/aromatic N) is 5. The third kappa shape index (κ3) is 2.55. The molecule has 0 amide bonds. The Morgan fingerprint density at radius 2 is 2.05 bits per heavy atom. The molecule has 0 aliphatic heterocycles. The number of hydrogen-bond acceptors (Lipinski definition) is 6. The summed E-state index contributed by atoms with van der Waals surface area (Å²) in [6.45, 7) is 4.25. The van der Waals surface area contributed by atoms with Gasteiger partial charge in [-0.1, -0.05) is 0 Å². The van der Waals surface area contributed by atoms with Crippen LogP contribution in [0, 0.1) is 13.8 Å². The summed E-state index contributed by atoms with van der Waals surface area (Å²) in [4.78, 5) is 12.4. The summed E-state index contributed by atoms with van der Waals surface area (Å²) in [6, 6.07) is 3.59. The summed E-state index contributed by atoms with van der Waals surface area (Å²) in [5.74, 6) is 1.34. The molecule has 0 radical (unpaired) electrons. The van der Waals surface area contributed by atoms with Gasteiger partial charge in [0.1, 0.15) is 12.1 Å². The van der Waals surface area contributed by atoms with Crippen LogP contribution in [0.15, 0.2) is 30.9 Å². The monoisotopic (exact) mass is 284 g/mol. The average molecular weight is 284 g/mol. The number of aromatic nitrogens is 5. The van der Waals surface area contributed by atoms with Crippen LogP contribution in [0.25, 0.3) is 5.78 Å². The molecule has 7 nitrogen and oxygen atoms in total. The van der Waals surface area contributed by atoms with Crippen LogP contribution in [0.3, 0.4) is 0 Å². The molecule has 0 aromatic carbocycles. The smallest absolute Gasteiger partial charge is 0.254 e. The number of nitrogens with one attached hydrogen (secondary N) is 1. The molecule has 0 aliphatic rings. The molecule has 21 heavy (non-hydrogen) atoms. The molecular formula is C14H16N6O. The predicted octanol–water partition coefficient (Wildman–Crippen LogP) is 1.28. The lowest BCUT2D eigenvalue weighted by Crippen LogP contribution is -2.16. The van der Waals surface area contributed by atoms with E-state index in [9.17, 15) is 5.11 Å². The maximum Gasteiger partial charge on any atom is 0.254 e. The summed E-state index contributed by atoms with van der Waals surface area (Å²) in [6.07, 6.45) is 4.16. The van der Waals surface area contributed by atoms with E-state index < -0.39 is 6.10 Å². The van der Waals surface area contributed by atoms with Crippen LogP contribution in [0.4, 0.5) is 5.82 Å². The first-order chi connectivity index (χ1) is 10.2. The van der Waals surface area contributed by atoms with E-state index in [1.54, 1.807) is 29.0 Å². The van der Waals surface area contributed by atoms with Gasteiger partial charge in [-0.2, -0.15) is 14.6 Å². The van der Waals surface area contributed by atoms with Gasteiger partial charge in [-0.15, -0.1) is 0 Å². The number of hydrogen-bond donors (Lipinski definition) is 2. The molecule has 3 rings (SSSR count). The van der Waals surface area contributed by atoms with Crippen LogP contribution in [0.1, 0.15) is 22.9 Å². The zero-order chi connectivity index (χ0) is 14.8. The number of aryl methyl sites for hydroxylation is 1. The van der Waals surface area contributed by atoms with E-state index in [1.165, 1.54) is 6.33 Å². The fourth-order valence-electron chi connectivity index (χ4n) is 2.14. The van der Waals surface area contributed by atoms with Crippen LogP contribution >= 0.6 is 0 Å². The highest BCUT2D eigenvalue weighted by atomic mass is 16.3. The van der Waals surface area contributed by atoms with E-state index in [0.717, 1.165) is 22.6 Å². The topological polar surface area (TPSA) is 88.2 Å². The van der Waals surface area contributed by atoms with Gasteiger partial charge in [-0.25, -0.2) is 4.98 Å². The SMILES string of the molecule is Cc1nc2ncnn2c(NCC(O)c2ccncc2)c1C. The van der Waals surface area contributed by atoms with E-state index in [2.05, 4.69) is 25.4 Å². The normalized spacial score (nSPS) is 12.5. The Kier molecular flexibility index (Phi) is 3.49. The number of anilines is 1. The first-order valence-electron chi connectivity index (χ1n) is 6.65. The Bertz CT molecular complexity index is 755. The Morgan fingerprint density at radius 1 is 1.29 bits per heavy atom. The van der Waals surface area contributed by atoms with Crippen molar-refractivity contribution in [1.82, 2.24) is 24.6 Å². The minimum atomic E-state index is -0.626. The highest BCUT2D eigenvalue weighted by Crippen LogP contribution is 2.19. The third-order valence-electron chi connectivity index (χ3n) is 3.46. The van der Waals surface area contributed by atoms with E-state index in [0.29, 0.717) is 12.3 Å². The van der Waals surface area contributed by atoms with Gasteiger partial charge < -0.3 is 10.4 Å². The van der Waals surface area contributed by atoms with E-state index in [-0.39, 0.29) is 0 Å². The number of aliphatic hydroxyl groups is 1. The van der Waals surface area contributed by atoms with Crippen molar-refractivity contribution in [3.63, 3.8) is 0 Å². The molecule has 3 heterocycles. The van der Waals surface area contributed by atoms with Gasteiger partial charge in [0, 0.05) is 30.2 Å². The number of fused-ring (bicyclic) bond motifs is 1. The zero-order valence-electron chi connectivity index (χ0n) is 11.9. The van der Waals surface area contributed by atoms with Crippen molar-refractivity contribution >= 4 is 11.6 Å². The molecule has 1 unspecified atom stereocenters. The van der Waals surface area contributed by atoms with Gasteiger partial charge in [-0.3, -0.25) is 4.98 Å². The molecule has 1 atom stereocenters. The van der Waals surface area contributed by atoms with Crippen LogP contribution in [-0.4, -0.2) is 36.2 Å². The van der Waals surface area contributed by atoms with Crippen LogP contribution in [0.2, 0.25) is 0 Å². The van der Waals surface area contributed by atoms with Crippen molar-refractivity contribution in [2.24, 2.45) is 0 Å². The summed E-state index contributed by atoms with van der Waals surface area (Å²) in [5, 5.41) is 17.6. The van der Waals surface area contributed by atoms with E-state index in [4.69, 9.17) is 0 Å². The van der Waals surface area contributed by atoms with Gasteiger partial charge in [-0.05, 0) is 31.5 Å². The molecule has 0 aliphatic carbocycles. The lowest BCUT2D eigenvalue weighted by molar-refractivity contribution is 0.191. The maximum absolute atomic E-state index is 10.2. The van der Waals surface area contributed by atoms with Gasteiger partial charge in [0.25, 0.3) is 5.78 Å². The van der Waals surface area contributed by atoms with Crippen molar-refractivity contribution < 1.29 is 5.11 Å².